The molecule has 0 saturated heterocycles. The summed E-state index contributed by atoms with van der Waals surface area (Å²) in [6.07, 6.45) is 0. The van der Waals surface area contributed by atoms with Crippen molar-refractivity contribution in [2.75, 3.05) is 6.79 Å². The lowest BCUT2D eigenvalue weighted by atomic mass is 9.92. The van der Waals surface area contributed by atoms with Crippen LogP contribution >= 0.6 is 0 Å². The van der Waals surface area contributed by atoms with Crippen LogP contribution in [0, 0.1) is 0 Å². The van der Waals surface area contributed by atoms with Crippen molar-refractivity contribution in [1.82, 2.24) is 4.98 Å². The highest BCUT2D eigenvalue weighted by Gasteiger charge is 2.29. The third-order valence-electron chi connectivity index (χ3n) is 3.28. The maximum atomic E-state index is 5.71. The van der Waals surface area contributed by atoms with Gasteiger partial charge in [-0.1, -0.05) is 41.5 Å². The van der Waals surface area contributed by atoms with E-state index >= 15 is 0 Å². The lowest BCUT2D eigenvalue weighted by Gasteiger charge is -2.20. The summed E-state index contributed by atoms with van der Waals surface area (Å²) < 4.78 is 11.3. The number of pyridine rings is 1. The molecule has 0 aliphatic carbocycles. The molecule has 0 unspecified atom stereocenters. The van der Waals surface area contributed by atoms with Crippen molar-refractivity contribution in [3.05, 3.63) is 17.0 Å². The number of ether oxygens (including phenoxy) is 2. The standard InChI is InChI=1S/C15H23NO2/c1-8(2)11-12(9(3)4)16-13(10(5)6)15-14(11)17-7-18-15/h8-10H,7H2,1-6H3. The fourth-order valence-corrected chi connectivity index (χ4v) is 2.42. The maximum absolute atomic E-state index is 5.71. The van der Waals surface area contributed by atoms with E-state index in [0.29, 0.717) is 24.5 Å². The average Bonchev–Trinajstić information content (AvgIpc) is 2.73. The van der Waals surface area contributed by atoms with Gasteiger partial charge in [0.2, 0.25) is 6.79 Å². The monoisotopic (exact) mass is 249 g/mol. The predicted octanol–water partition coefficient (Wildman–Crippen LogP) is 4.18. The molecule has 0 bridgehead atoms. The molecule has 0 amide bonds. The maximum Gasteiger partial charge on any atom is 0.231 e. The van der Waals surface area contributed by atoms with Gasteiger partial charge in [-0.05, 0) is 17.8 Å². The summed E-state index contributed by atoms with van der Waals surface area (Å²) in [5.74, 6) is 2.92. The predicted molar refractivity (Wildman–Crippen MR) is 72.6 cm³/mol. The molecule has 0 radical (unpaired) electrons. The van der Waals surface area contributed by atoms with Gasteiger partial charge in [-0.25, -0.2) is 0 Å². The second-order valence-corrected chi connectivity index (χ2v) is 5.82. The molecule has 3 nitrogen and oxygen atoms in total. The minimum atomic E-state index is 0.317. The molecular weight excluding hydrogens is 226 g/mol. The van der Waals surface area contributed by atoms with E-state index in [4.69, 9.17) is 14.5 Å². The summed E-state index contributed by atoms with van der Waals surface area (Å²) in [7, 11) is 0. The molecule has 18 heavy (non-hydrogen) atoms. The zero-order chi connectivity index (χ0) is 13.4. The molecule has 0 fully saturated rings. The lowest BCUT2D eigenvalue weighted by Crippen LogP contribution is -2.07. The molecule has 3 heteroatoms. The lowest BCUT2D eigenvalue weighted by molar-refractivity contribution is 0.172. The molecule has 0 aromatic carbocycles. The SMILES string of the molecule is CC(C)c1nc(C(C)C)c(C(C)C)c2c1OCO2. The highest BCUT2D eigenvalue weighted by molar-refractivity contribution is 5.55. The average molecular weight is 249 g/mol. The van der Waals surface area contributed by atoms with Crippen LogP contribution in [0.5, 0.6) is 11.5 Å². The third kappa shape index (κ3) is 2.06. The molecule has 0 spiro atoms. The molecule has 1 aromatic heterocycles. The highest BCUT2D eigenvalue weighted by Crippen LogP contribution is 2.46. The topological polar surface area (TPSA) is 31.4 Å². The highest BCUT2D eigenvalue weighted by atomic mass is 16.7. The van der Waals surface area contributed by atoms with E-state index in [9.17, 15) is 0 Å². The molecule has 1 aromatic rings. The van der Waals surface area contributed by atoms with Crippen molar-refractivity contribution < 1.29 is 9.47 Å². The summed E-state index contributed by atoms with van der Waals surface area (Å²) in [4.78, 5) is 4.86. The Balaban J connectivity index is 2.70. The quantitative estimate of drug-likeness (QED) is 0.805. The van der Waals surface area contributed by atoms with E-state index < -0.39 is 0 Å². The van der Waals surface area contributed by atoms with Gasteiger partial charge in [-0.15, -0.1) is 0 Å². The summed E-state index contributed by atoms with van der Waals surface area (Å²) in [5.41, 5.74) is 3.38. The van der Waals surface area contributed by atoms with Crippen LogP contribution in [0.4, 0.5) is 0 Å². The van der Waals surface area contributed by atoms with Gasteiger partial charge in [0.15, 0.2) is 11.5 Å². The second kappa shape index (κ2) is 4.79. The number of hydrogen-bond donors (Lipinski definition) is 0. The summed E-state index contributed by atoms with van der Waals surface area (Å²) in [6.45, 7) is 13.3. The molecular formula is C15H23NO2. The summed E-state index contributed by atoms with van der Waals surface area (Å²) >= 11 is 0. The molecule has 0 atom stereocenters. The normalized spacial score (nSPS) is 14.1. The number of fused-ring (bicyclic) bond motifs is 1. The van der Waals surface area contributed by atoms with E-state index in [1.807, 2.05) is 0 Å². The first-order valence-corrected chi connectivity index (χ1v) is 6.76. The van der Waals surface area contributed by atoms with Gasteiger partial charge in [0.1, 0.15) is 0 Å². The van der Waals surface area contributed by atoms with E-state index in [2.05, 4.69) is 41.5 Å². The van der Waals surface area contributed by atoms with E-state index in [0.717, 1.165) is 22.9 Å². The largest absolute Gasteiger partial charge is 0.453 e. The van der Waals surface area contributed by atoms with Crippen LogP contribution in [0.15, 0.2) is 0 Å². The van der Waals surface area contributed by atoms with Gasteiger partial charge in [-0.3, -0.25) is 4.98 Å². The molecule has 0 N–H and O–H groups in total. The second-order valence-electron chi connectivity index (χ2n) is 5.82. The molecule has 0 saturated carbocycles. The Morgan fingerprint density at radius 2 is 1.33 bits per heavy atom. The van der Waals surface area contributed by atoms with E-state index in [-0.39, 0.29) is 0 Å². The fraction of sp³-hybridized carbons (Fsp3) is 0.667. The fourth-order valence-electron chi connectivity index (χ4n) is 2.42. The van der Waals surface area contributed by atoms with Crippen LogP contribution in [0.2, 0.25) is 0 Å². The Morgan fingerprint density at radius 3 is 1.83 bits per heavy atom. The Morgan fingerprint density at radius 1 is 0.778 bits per heavy atom. The Labute approximate surface area is 110 Å². The van der Waals surface area contributed by atoms with Gasteiger partial charge < -0.3 is 9.47 Å². The zero-order valence-corrected chi connectivity index (χ0v) is 12.2. The first-order chi connectivity index (χ1) is 8.43. The van der Waals surface area contributed by atoms with E-state index in [1.165, 1.54) is 5.56 Å². The van der Waals surface area contributed by atoms with Gasteiger partial charge >= 0.3 is 0 Å². The Kier molecular flexibility index (Phi) is 3.51. The number of hydrogen-bond acceptors (Lipinski definition) is 3. The minimum absolute atomic E-state index is 0.317. The zero-order valence-electron chi connectivity index (χ0n) is 12.2. The van der Waals surface area contributed by atoms with Crippen LogP contribution < -0.4 is 9.47 Å². The van der Waals surface area contributed by atoms with Crippen LogP contribution in [-0.4, -0.2) is 11.8 Å². The molecule has 100 valence electrons. The third-order valence-corrected chi connectivity index (χ3v) is 3.28. The Hall–Kier alpha value is -1.25. The van der Waals surface area contributed by atoms with Gasteiger partial charge in [0.05, 0.1) is 11.4 Å². The Bertz CT molecular complexity index is 450. The van der Waals surface area contributed by atoms with E-state index in [1.54, 1.807) is 0 Å². The molecule has 2 rings (SSSR count). The van der Waals surface area contributed by atoms with Crippen LogP contribution in [0.3, 0.4) is 0 Å². The van der Waals surface area contributed by atoms with Crippen molar-refractivity contribution in [2.45, 2.75) is 59.3 Å². The molecule has 1 aliphatic rings. The smallest absolute Gasteiger partial charge is 0.231 e. The van der Waals surface area contributed by atoms with Crippen molar-refractivity contribution in [3.63, 3.8) is 0 Å². The number of aromatic nitrogens is 1. The van der Waals surface area contributed by atoms with Crippen molar-refractivity contribution in [1.29, 1.82) is 0 Å². The van der Waals surface area contributed by atoms with Gasteiger partial charge in [-0.2, -0.15) is 0 Å². The summed E-state index contributed by atoms with van der Waals surface area (Å²) in [5, 5.41) is 0. The van der Waals surface area contributed by atoms with Crippen molar-refractivity contribution in [2.24, 2.45) is 0 Å². The van der Waals surface area contributed by atoms with Crippen LogP contribution in [0.25, 0.3) is 0 Å². The first kappa shape index (κ1) is 13.2. The number of rotatable bonds is 3. The van der Waals surface area contributed by atoms with Crippen molar-refractivity contribution in [3.8, 4) is 11.5 Å². The van der Waals surface area contributed by atoms with Crippen molar-refractivity contribution >= 4 is 0 Å². The molecule has 2 heterocycles. The van der Waals surface area contributed by atoms with Crippen LogP contribution in [-0.2, 0) is 0 Å². The summed E-state index contributed by atoms with van der Waals surface area (Å²) in [6, 6.07) is 0. The van der Waals surface area contributed by atoms with Gasteiger partial charge in [0, 0.05) is 5.56 Å². The first-order valence-electron chi connectivity index (χ1n) is 6.76. The number of nitrogens with zero attached hydrogens (tertiary/aromatic N) is 1. The molecule has 1 aliphatic heterocycles. The van der Waals surface area contributed by atoms with Crippen LogP contribution in [0.1, 0.15) is 76.2 Å². The van der Waals surface area contributed by atoms with Gasteiger partial charge in [0.25, 0.3) is 0 Å². The minimum Gasteiger partial charge on any atom is -0.453 e.